The molecule has 0 aliphatic heterocycles. The highest BCUT2D eigenvalue weighted by Gasteiger charge is 2.43. The second kappa shape index (κ2) is 8.89. The third-order valence-corrected chi connectivity index (χ3v) is 6.81. The van der Waals surface area contributed by atoms with Gasteiger partial charge in [-0.15, -0.1) is 0 Å². The van der Waals surface area contributed by atoms with Crippen LogP contribution in [0.3, 0.4) is 0 Å². The van der Waals surface area contributed by atoms with Gasteiger partial charge in [0.25, 0.3) is 0 Å². The molecule has 7 heteroatoms. The molecule has 2 N–H and O–H groups in total. The molecule has 172 valence electrons. The molecule has 0 heterocycles. The standard InChI is InChI=1S/C26H28N2O5/c29-23(30)13-14-28(17-11-12-17)25(31)24(16-9-10-16)27-26(32)33-15-22-20-7-3-1-5-18(20)19-6-2-4-8-21(19)22/h1-8,16-17,22,24H,9-15H2,(H,27,32)(H,29,30). The highest BCUT2D eigenvalue weighted by molar-refractivity contribution is 5.87. The molecule has 3 aliphatic rings. The number of fused-ring (bicyclic) bond motifs is 3. The lowest BCUT2D eigenvalue weighted by molar-refractivity contribution is -0.139. The van der Waals surface area contributed by atoms with Gasteiger partial charge in [-0.05, 0) is 53.9 Å². The highest BCUT2D eigenvalue weighted by atomic mass is 16.5. The van der Waals surface area contributed by atoms with Crippen LogP contribution in [0.5, 0.6) is 0 Å². The number of amides is 2. The Morgan fingerprint density at radius 3 is 2.12 bits per heavy atom. The van der Waals surface area contributed by atoms with Gasteiger partial charge in [0, 0.05) is 18.5 Å². The number of alkyl carbamates (subject to hydrolysis) is 1. The van der Waals surface area contributed by atoms with Crippen molar-refractivity contribution >= 4 is 18.0 Å². The van der Waals surface area contributed by atoms with E-state index in [0.717, 1.165) is 47.9 Å². The van der Waals surface area contributed by atoms with E-state index in [-0.39, 0.29) is 43.4 Å². The van der Waals surface area contributed by atoms with Crippen LogP contribution in [-0.2, 0) is 14.3 Å². The first-order valence-corrected chi connectivity index (χ1v) is 11.7. The van der Waals surface area contributed by atoms with Crippen molar-refractivity contribution in [3.63, 3.8) is 0 Å². The van der Waals surface area contributed by atoms with E-state index in [4.69, 9.17) is 9.84 Å². The summed E-state index contributed by atoms with van der Waals surface area (Å²) in [4.78, 5) is 38.6. The van der Waals surface area contributed by atoms with Crippen LogP contribution in [0.15, 0.2) is 48.5 Å². The number of carbonyl (C=O) groups excluding carboxylic acids is 2. The van der Waals surface area contributed by atoms with Crippen LogP contribution in [0.1, 0.15) is 49.1 Å². The monoisotopic (exact) mass is 448 g/mol. The number of rotatable bonds is 9. The summed E-state index contributed by atoms with van der Waals surface area (Å²) in [5.74, 6) is -1.07. The quantitative estimate of drug-likeness (QED) is 0.609. The molecule has 0 aromatic heterocycles. The SMILES string of the molecule is O=C(O)CCN(C(=O)C(NC(=O)OCC1c2ccccc2-c2ccccc21)C1CC1)C1CC1. The molecule has 2 amide bonds. The normalized spacial score (nSPS) is 17.6. The Morgan fingerprint density at radius 1 is 0.970 bits per heavy atom. The number of hydrogen-bond acceptors (Lipinski definition) is 4. The number of benzene rings is 2. The first-order chi connectivity index (χ1) is 16.0. The van der Waals surface area contributed by atoms with E-state index in [1.807, 2.05) is 24.3 Å². The Bertz CT molecular complexity index is 1030. The van der Waals surface area contributed by atoms with Crippen LogP contribution in [-0.4, -0.2) is 53.2 Å². The third-order valence-electron chi connectivity index (χ3n) is 6.81. The van der Waals surface area contributed by atoms with E-state index in [0.29, 0.717) is 0 Å². The second-order valence-corrected chi connectivity index (χ2v) is 9.19. The predicted octanol–water partition coefficient (Wildman–Crippen LogP) is 3.77. The summed E-state index contributed by atoms with van der Waals surface area (Å²) in [6.45, 7) is 0.366. The summed E-state index contributed by atoms with van der Waals surface area (Å²) in [6.07, 6.45) is 2.82. The zero-order chi connectivity index (χ0) is 22.9. The van der Waals surface area contributed by atoms with Crippen molar-refractivity contribution in [3.8, 4) is 11.1 Å². The summed E-state index contributed by atoms with van der Waals surface area (Å²) in [5, 5.41) is 11.8. The van der Waals surface area contributed by atoms with E-state index >= 15 is 0 Å². The molecule has 33 heavy (non-hydrogen) atoms. The molecular weight excluding hydrogens is 420 g/mol. The van der Waals surface area contributed by atoms with Gasteiger partial charge < -0.3 is 20.1 Å². The van der Waals surface area contributed by atoms with Crippen molar-refractivity contribution in [2.45, 2.75) is 50.1 Å². The Kier molecular flexibility index (Phi) is 5.79. The molecule has 2 fully saturated rings. The van der Waals surface area contributed by atoms with Crippen LogP contribution < -0.4 is 5.32 Å². The first kappa shape index (κ1) is 21.5. The predicted molar refractivity (Wildman–Crippen MR) is 122 cm³/mol. The Morgan fingerprint density at radius 2 is 1.58 bits per heavy atom. The van der Waals surface area contributed by atoms with Crippen molar-refractivity contribution in [2.75, 3.05) is 13.2 Å². The summed E-state index contributed by atoms with van der Waals surface area (Å²) in [6, 6.07) is 15.7. The molecule has 0 saturated heterocycles. The molecule has 2 saturated carbocycles. The smallest absolute Gasteiger partial charge is 0.407 e. The second-order valence-electron chi connectivity index (χ2n) is 9.19. The number of ether oxygens (including phenoxy) is 1. The molecule has 7 nitrogen and oxygen atoms in total. The van der Waals surface area contributed by atoms with Gasteiger partial charge >= 0.3 is 12.1 Å². The fourth-order valence-corrected chi connectivity index (χ4v) is 4.83. The number of aliphatic carboxylic acids is 1. The van der Waals surface area contributed by atoms with Gasteiger partial charge in [-0.3, -0.25) is 9.59 Å². The van der Waals surface area contributed by atoms with Crippen molar-refractivity contribution in [1.82, 2.24) is 10.2 Å². The number of nitrogens with one attached hydrogen (secondary N) is 1. The molecule has 0 bridgehead atoms. The number of carboxylic acid groups (broad SMARTS) is 1. The van der Waals surface area contributed by atoms with Crippen molar-refractivity contribution in [1.29, 1.82) is 0 Å². The molecule has 0 spiro atoms. The minimum atomic E-state index is -0.930. The third kappa shape index (κ3) is 4.58. The van der Waals surface area contributed by atoms with E-state index in [1.54, 1.807) is 4.90 Å². The zero-order valence-electron chi connectivity index (χ0n) is 18.4. The highest BCUT2D eigenvalue weighted by Crippen LogP contribution is 2.44. The van der Waals surface area contributed by atoms with Gasteiger partial charge in [-0.1, -0.05) is 48.5 Å². The van der Waals surface area contributed by atoms with Crippen LogP contribution in [0.2, 0.25) is 0 Å². The molecule has 2 aromatic carbocycles. The number of carboxylic acids is 1. The van der Waals surface area contributed by atoms with Crippen molar-refractivity contribution in [2.24, 2.45) is 5.92 Å². The van der Waals surface area contributed by atoms with Gasteiger partial charge in [0.15, 0.2) is 0 Å². The maximum Gasteiger partial charge on any atom is 0.407 e. The lowest BCUT2D eigenvalue weighted by Gasteiger charge is -2.27. The average Bonchev–Trinajstić information content (AvgIpc) is 3.73. The summed E-state index contributed by atoms with van der Waals surface area (Å²) < 4.78 is 5.64. The van der Waals surface area contributed by atoms with Gasteiger partial charge in [0.05, 0.1) is 6.42 Å². The van der Waals surface area contributed by atoms with Gasteiger partial charge in [0.2, 0.25) is 5.91 Å². The molecule has 3 aliphatic carbocycles. The fraction of sp³-hybridized carbons (Fsp3) is 0.423. The fourth-order valence-electron chi connectivity index (χ4n) is 4.83. The molecule has 1 atom stereocenters. The Hall–Kier alpha value is -3.35. The average molecular weight is 449 g/mol. The van der Waals surface area contributed by atoms with Crippen LogP contribution in [0.4, 0.5) is 4.79 Å². The minimum absolute atomic E-state index is 0.0447. The van der Waals surface area contributed by atoms with E-state index < -0.39 is 18.1 Å². The lowest BCUT2D eigenvalue weighted by atomic mass is 9.98. The van der Waals surface area contributed by atoms with E-state index in [9.17, 15) is 14.4 Å². The maximum atomic E-state index is 13.2. The van der Waals surface area contributed by atoms with Gasteiger partial charge in [0.1, 0.15) is 12.6 Å². The van der Waals surface area contributed by atoms with Crippen molar-refractivity contribution < 1.29 is 24.2 Å². The zero-order valence-corrected chi connectivity index (χ0v) is 18.4. The van der Waals surface area contributed by atoms with Crippen molar-refractivity contribution in [3.05, 3.63) is 59.7 Å². The van der Waals surface area contributed by atoms with Crippen LogP contribution in [0.25, 0.3) is 11.1 Å². The van der Waals surface area contributed by atoms with Gasteiger partial charge in [-0.2, -0.15) is 0 Å². The van der Waals surface area contributed by atoms with E-state index in [1.165, 1.54) is 0 Å². The Labute approximate surface area is 192 Å². The number of nitrogens with zero attached hydrogens (tertiary/aromatic N) is 1. The largest absolute Gasteiger partial charge is 0.481 e. The lowest BCUT2D eigenvalue weighted by Crippen LogP contribution is -2.51. The first-order valence-electron chi connectivity index (χ1n) is 11.7. The van der Waals surface area contributed by atoms with Crippen LogP contribution >= 0.6 is 0 Å². The van der Waals surface area contributed by atoms with E-state index in [2.05, 4.69) is 29.6 Å². The van der Waals surface area contributed by atoms with Crippen LogP contribution in [0, 0.1) is 5.92 Å². The minimum Gasteiger partial charge on any atom is -0.481 e. The molecular formula is C26H28N2O5. The van der Waals surface area contributed by atoms with Gasteiger partial charge in [-0.25, -0.2) is 4.79 Å². The molecule has 2 aromatic rings. The topological polar surface area (TPSA) is 95.9 Å². The molecule has 5 rings (SSSR count). The summed E-state index contributed by atoms with van der Waals surface area (Å²) in [7, 11) is 0. The number of hydrogen-bond donors (Lipinski definition) is 2. The summed E-state index contributed by atoms with van der Waals surface area (Å²) >= 11 is 0. The molecule has 1 unspecified atom stereocenters. The maximum absolute atomic E-state index is 13.2. The molecule has 0 radical (unpaired) electrons. The summed E-state index contributed by atoms with van der Waals surface area (Å²) in [5.41, 5.74) is 4.59. The number of carbonyl (C=O) groups is 3. The Balaban J connectivity index is 1.24.